The molecule has 0 aromatic rings. The molecule has 0 aromatic heterocycles. The smallest absolute Gasteiger partial charge is 0.00557 e. The summed E-state index contributed by atoms with van der Waals surface area (Å²) >= 11 is 0. The first-order chi connectivity index (χ1) is 4.20. The van der Waals surface area contributed by atoms with Crippen LogP contribution in [-0.2, 0) is 0 Å². The molecule has 9 heavy (non-hydrogen) atoms. The van der Waals surface area contributed by atoms with E-state index >= 15 is 0 Å². The summed E-state index contributed by atoms with van der Waals surface area (Å²) in [5.41, 5.74) is 1.28. The maximum Gasteiger partial charge on any atom is 0.00557 e. The highest BCUT2D eigenvalue weighted by Crippen LogP contribution is 2.00. The molecule has 0 aromatic carbocycles. The molecule has 1 nitrogen and oxygen atoms in total. The third-order valence-electron chi connectivity index (χ3n) is 1.09. The molecule has 0 bridgehead atoms. The van der Waals surface area contributed by atoms with Gasteiger partial charge in [-0.2, -0.15) is 0 Å². The normalized spacial score (nSPS) is 11.2. The molecule has 0 aliphatic carbocycles. The van der Waals surface area contributed by atoms with Gasteiger partial charge in [0, 0.05) is 20.3 Å². The third-order valence-corrected chi connectivity index (χ3v) is 1.09. The lowest BCUT2D eigenvalue weighted by atomic mass is 10.2. The third kappa shape index (κ3) is 3.83. The number of allylic oxidation sites excluding steroid dienone is 2. The van der Waals surface area contributed by atoms with Gasteiger partial charge in [0.15, 0.2) is 0 Å². The molecule has 0 spiro atoms. The molecule has 0 saturated heterocycles. The second-order valence-electron chi connectivity index (χ2n) is 2.23. The van der Waals surface area contributed by atoms with E-state index in [1.165, 1.54) is 5.57 Å². The Kier molecular flexibility index (Phi) is 3.85. The zero-order valence-electron chi connectivity index (χ0n) is 6.52. The van der Waals surface area contributed by atoms with Crippen molar-refractivity contribution in [3.63, 3.8) is 0 Å². The summed E-state index contributed by atoms with van der Waals surface area (Å²) < 4.78 is 0. The second kappa shape index (κ2) is 4.19. The fourth-order valence-corrected chi connectivity index (χ4v) is 0.620. The Morgan fingerprint density at radius 1 is 1.56 bits per heavy atom. The zero-order valence-corrected chi connectivity index (χ0v) is 6.52. The maximum atomic E-state index is 3.69. The van der Waals surface area contributed by atoms with E-state index < -0.39 is 0 Å². The van der Waals surface area contributed by atoms with Crippen LogP contribution in [0.1, 0.15) is 13.3 Å². The molecule has 0 rings (SSSR count). The molecule has 0 atom stereocenters. The lowest BCUT2D eigenvalue weighted by Crippen LogP contribution is -2.01. The number of hydrogen-bond acceptors (Lipinski definition) is 1. The standard InChI is InChI=1S/C8H15N/c1-5-8(6-2)7-9(3)4/h5,7H,1,6H2,2-4H3/b8-7+. The largest absolute Gasteiger partial charge is 0.383 e. The molecule has 1 heteroatoms. The maximum absolute atomic E-state index is 3.69. The van der Waals surface area contributed by atoms with Crippen LogP contribution in [0.5, 0.6) is 0 Å². The molecule has 0 N–H and O–H groups in total. The minimum absolute atomic E-state index is 1.06. The Hall–Kier alpha value is -0.720. The van der Waals surface area contributed by atoms with Gasteiger partial charge in [-0.25, -0.2) is 0 Å². The van der Waals surface area contributed by atoms with E-state index in [1.807, 2.05) is 25.1 Å². The van der Waals surface area contributed by atoms with Gasteiger partial charge >= 0.3 is 0 Å². The van der Waals surface area contributed by atoms with Crippen LogP contribution in [0.25, 0.3) is 0 Å². The van der Waals surface area contributed by atoms with E-state index in [9.17, 15) is 0 Å². The summed E-state index contributed by atoms with van der Waals surface area (Å²) in [5.74, 6) is 0. The van der Waals surface area contributed by atoms with Gasteiger partial charge < -0.3 is 4.90 Å². The van der Waals surface area contributed by atoms with Crippen LogP contribution >= 0.6 is 0 Å². The van der Waals surface area contributed by atoms with Gasteiger partial charge in [0.1, 0.15) is 0 Å². The van der Waals surface area contributed by atoms with Gasteiger partial charge in [-0.05, 0) is 12.0 Å². The fraction of sp³-hybridized carbons (Fsp3) is 0.500. The fourth-order valence-electron chi connectivity index (χ4n) is 0.620. The topological polar surface area (TPSA) is 3.24 Å². The van der Waals surface area contributed by atoms with Gasteiger partial charge in [-0.15, -0.1) is 0 Å². The summed E-state index contributed by atoms with van der Waals surface area (Å²) in [5, 5.41) is 0. The van der Waals surface area contributed by atoms with Gasteiger partial charge in [0.25, 0.3) is 0 Å². The van der Waals surface area contributed by atoms with Crippen LogP contribution in [0.4, 0.5) is 0 Å². The predicted molar refractivity (Wildman–Crippen MR) is 42.3 cm³/mol. The van der Waals surface area contributed by atoms with E-state index in [2.05, 4.69) is 19.7 Å². The highest BCUT2D eigenvalue weighted by atomic mass is 15.0. The SMILES string of the molecule is C=C/C(=C\N(C)C)CC. The monoisotopic (exact) mass is 125 g/mol. The molecule has 0 fully saturated rings. The highest BCUT2D eigenvalue weighted by molar-refractivity contribution is 5.14. The van der Waals surface area contributed by atoms with Crippen LogP contribution in [0, 0.1) is 0 Å². The molecule has 0 saturated carbocycles. The van der Waals surface area contributed by atoms with Gasteiger partial charge in [-0.3, -0.25) is 0 Å². The molecule has 0 aliphatic heterocycles. The summed E-state index contributed by atoms with van der Waals surface area (Å²) in [6.07, 6.45) is 5.02. The first kappa shape index (κ1) is 8.28. The number of rotatable bonds is 3. The molecule has 52 valence electrons. The van der Waals surface area contributed by atoms with Crippen LogP contribution in [0.2, 0.25) is 0 Å². The van der Waals surface area contributed by atoms with E-state index in [4.69, 9.17) is 0 Å². The zero-order chi connectivity index (χ0) is 7.28. The summed E-state index contributed by atoms with van der Waals surface area (Å²) in [7, 11) is 4.03. The van der Waals surface area contributed by atoms with E-state index in [1.54, 1.807) is 0 Å². The summed E-state index contributed by atoms with van der Waals surface area (Å²) in [4.78, 5) is 2.03. The predicted octanol–water partition coefficient (Wildman–Crippen LogP) is 2.03. The minimum Gasteiger partial charge on any atom is -0.383 e. The summed E-state index contributed by atoms with van der Waals surface area (Å²) in [6, 6.07) is 0. The number of hydrogen-bond donors (Lipinski definition) is 0. The minimum atomic E-state index is 1.06. The summed E-state index contributed by atoms with van der Waals surface area (Å²) in [6.45, 7) is 5.81. The van der Waals surface area contributed by atoms with Crippen LogP contribution < -0.4 is 0 Å². The van der Waals surface area contributed by atoms with E-state index in [0.29, 0.717) is 0 Å². The van der Waals surface area contributed by atoms with E-state index in [0.717, 1.165) is 6.42 Å². The molecule has 0 radical (unpaired) electrons. The van der Waals surface area contributed by atoms with Crippen molar-refractivity contribution in [2.45, 2.75) is 13.3 Å². The van der Waals surface area contributed by atoms with Gasteiger partial charge in [-0.1, -0.05) is 19.6 Å². The molecule has 0 heterocycles. The van der Waals surface area contributed by atoms with Crippen molar-refractivity contribution in [3.05, 3.63) is 24.4 Å². The van der Waals surface area contributed by atoms with Crippen molar-refractivity contribution in [3.8, 4) is 0 Å². The Morgan fingerprint density at radius 2 is 2.11 bits per heavy atom. The van der Waals surface area contributed by atoms with Crippen molar-refractivity contribution in [2.24, 2.45) is 0 Å². The first-order valence-corrected chi connectivity index (χ1v) is 3.20. The van der Waals surface area contributed by atoms with Crippen molar-refractivity contribution in [2.75, 3.05) is 14.1 Å². The molecule has 0 aliphatic rings. The quantitative estimate of drug-likeness (QED) is 0.522. The molecule has 0 unspecified atom stereocenters. The van der Waals surface area contributed by atoms with Gasteiger partial charge in [0.2, 0.25) is 0 Å². The highest BCUT2D eigenvalue weighted by Gasteiger charge is 1.85. The van der Waals surface area contributed by atoms with Crippen molar-refractivity contribution < 1.29 is 0 Å². The molecular formula is C8H15N. The van der Waals surface area contributed by atoms with Gasteiger partial charge in [0.05, 0.1) is 0 Å². The second-order valence-corrected chi connectivity index (χ2v) is 2.23. The Balaban J connectivity index is 3.90. The van der Waals surface area contributed by atoms with Crippen LogP contribution in [0.15, 0.2) is 24.4 Å². The Bertz CT molecular complexity index is 112. The molecule has 0 amide bonds. The van der Waals surface area contributed by atoms with Crippen molar-refractivity contribution in [1.82, 2.24) is 4.90 Å². The van der Waals surface area contributed by atoms with Crippen molar-refractivity contribution >= 4 is 0 Å². The van der Waals surface area contributed by atoms with Crippen LogP contribution in [-0.4, -0.2) is 19.0 Å². The average molecular weight is 125 g/mol. The van der Waals surface area contributed by atoms with Crippen LogP contribution in [0.3, 0.4) is 0 Å². The Labute approximate surface area is 57.7 Å². The first-order valence-electron chi connectivity index (χ1n) is 3.20. The lowest BCUT2D eigenvalue weighted by Gasteiger charge is -2.05. The lowest BCUT2D eigenvalue weighted by molar-refractivity contribution is 0.558. The average Bonchev–Trinajstić information content (AvgIpc) is 1.82. The van der Waals surface area contributed by atoms with Crippen molar-refractivity contribution in [1.29, 1.82) is 0 Å². The van der Waals surface area contributed by atoms with E-state index in [-0.39, 0.29) is 0 Å². The molecular weight excluding hydrogens is 110 g/mol. The Morgan fingerprint density at radius 3 is 2.22 bits per heavy atom. The number of nitrogens with zero attached hydrogens (tertiary/aromatic N) is 1.